The Labute approximate surface area is 175 Å². The molecule has 0 saturated carbocycles. The Morgan fingerprint density at radius 3 is 1.45 bits per heavy atom. The normalized spacial score (nSPS) is 12.4. The molecule has 0 aromatic heterocycles. The first-order valence-corrected chi connectivity index (χ1v) is 10.1. The van der Waals surface area contributed by atoms with Crippen LogP contribution in [-0.2, 0) is 0 Å². The Kier molecular flexibility index (Phi) is 6.12. The fourth-order valence-electron chi connectivity index (χ4n) is 3.98. The summed E-state index contributed by atoms with van der Waals surface area (Å²) in [7, 11) is 0. The minimum atomic E-state index is 0.917. The topological polar surface area (TPSA) is 24.7 Å². The molecule has 0 spiro atoms. The minimum absolute atomic E-state index is 0.917. The third-order valence-electron chi connectivity index (χ3n) is 5.16. The molecule has 3 rings (SSSR count). The number of aliphatic imine (C=N–C) groups is 2. The number of nitrogens with zero attached hydrogens (tertiary/aromatic N) is 2. The second-order valence-corrected chi connectivity index (χ2v) is 8.02. The van der Waals surface area contributed by atoms with Gasteiger partial charge < -0.3 is 0 Å². The van der Waals surface area contributed by atoms with E-state index in [1.165, 1.54) is 33.4 Å². The predicted molar refractivity (Wildman–Crippen MR) is 127 cm³/mol. The number of benzene rings is 3. The van der Waals surface area contributed by atoms with Crippen LogP contribution in [0.15, 0.2) is 64.6 Å². The largest absolute Gasteiger partial charge is 0.251 e. The van der Waals surface area contributed by atoms with Gasteiger partial charge in [-0.15, -0.1) is 0 Å². The van der Waals surface area contributed by atoms with Gasteiger partial charge in [0.2, 0.25) is 0 Å². The highest BCUT2D eigenvalue weighted by molar-refractivity contribution is 6.48. The van der Waals surface area contributed by atoms with Crippen molar-refractivity contribution in [1.82, 2.24) is 0 Å². The molecule has 3 aromatic carbocycles. The molecular formula is C27H30N2. The van der Waals surface area contributed by atoms with Gasteiger partial charge in [0.05, 0.1) is 22.8 Å². The molecule has 2 heteroatoms. The fraction of sp³-hybridized carbons (Fsp3) is 0.259. The molecule has 148 valence electrons. The smallest absolute Gasteiger partial charge is 0.0921 e. The predicted octanol–water partition coefficient (Wildman–Crippen LogP) is 7.45. The molecule has 0 N–H and O–H groups in total. The highest BCUT2D eigenvalue weighted by atomic mass is 14.8. The third-order valence-corrected chi connectivity index (χ3v) is 5.16. The maximum atomic E-state index is 5.13. The van der Waals surface area contributed by atoms with Crippen LogP contribution in [0.4, 0.5) is 11.4 Å². The molecule has 2 nitrogen and oxygen atoms in total. The van der Waals surface area contributed by atoms with Crippen LogP contribution in [0, 0.1) is 41.5 Å². The summed E-state index contributed by atoms with van der Waals surface area (Å²) in [5, 5.41) is 0. The lowest BCUT2D eigenvalue weighted by Gasteiger charge is -2.13. The number of hydrogen-bond acceptors (Lipinski definition) is 2. The van der Waals surface area contributed by atoms with Crippen molar-refractivity contribution in [3.8, 4) is 0 Å². The molecule has 0 unspecified atom stereocenters. The minimum Gasteiger partial charge on any atom is -0.251 e. The van der Waals surface area contributed by atoms with Crippen molar-refractivity contribution in [3.63, 3.8) is 0 Å². The first kappa shape index (κ1) is 20.7. The molecule has 0 aliphatic carbocycles. The van der Waals surface area contributed by atoms with Crippen LogP contribution in [0.2, 0.25) is 0 Å². The van der Waals surface area contributed by atoms with Gasteiger partial charge in [-0.3, -0.25) is 4.99 Å². The third kappa shape index (κ3) is 4.71. The summed E-state index contributed by atoms with van der Waals surface area (Å²) in [6, 6.07) is 19.1. The number of rotatable bonds is 4. The maximum absolute atomic E-state index is 5.13. The molecule has 0 saturated heterocycles. The van der Waals surface area contributed by atoms with Crippen molar-refractivity contribution in [3.05, 3.63) is 93.5 Å². The van der Waals surface area contributed by atoms with Gasteiger partial charge in [-0.2, -0.15) is 0 Å². The molecule has 0 heterocycles. The SMILES string of the molecule is CC(=Nc1c(C)cc(C)cc1C)C(=Nc1c(C)cc(C)cc1C)c1ccccc1. The van der Waals surface area contributed by atoms with Crippen molar-refractivity contribution in [1.29, 1.82) is 0 Å². The van der Waals surface area contributed by atoms with Crippen molar-refractivity contribution in [2.45, 2.75) is 48.5 Å². The summed E-state index contributed by atoms with van der Waals surface area (Å²) < 4.78 is 0. The molecular weight excluding hydrogens is 352 g/mol. The summed E-state index contributed by atoms with van der Waals surface area (Å²) in [5.41, 5.74) is 12.3. The summed E-state index contributed by atoms with van der Waals surface area (Å²) in [4.78, 5) is 10.2. The molecule has 0 amide bonds. The van der Waals surface area contributed by atoms with Crippen LogP contribution in [-0.4, -0.2) is 11.4 Å². The lowest BCUT2D eigenvalue weighted by atomic mass is 10.0. The van der Waals surface area contributed by atoms with E-state index in [1.54, 1.807) is 0 Å². The van der Waals surface area contributed by atoms with Crippen molar-refractivity contribution in [2.75, 3.05) is 0 Å². The molecule has 0 radical (unpaired) electrons. The van der Waals surface area contributed by atoms with E-state index in [1.807, 2.05) is 6.07 Å². The van der Waals surface area contributed by atoms with Gasteiger partial charge >= 0.3 is 0 Å². The Bertz CT molecular complexity index is 1060. The molecule has 0 aliphatic heterocycles. The summed E-state index contributed by atoms with van der Waals surface area (Å²) >= 11 is 0. The van der Waals surface area contributed by atoms with Crippen LogP contribution in [0.5, 0.6) is 0 Å². The lowest BCUT2D eigenvalue weighted by Crippen LogP contribution is -2.12. The maximum Gasteiger partial charge on any atom is 0.0921 e. The fourth-order valence-corrected chi connectivity index (χ4v) is 3.98. The number of hydrogen-bond donors (Lipinski definition) is 0. The van der Waals surface area contributed by atoms with E-state index in [0.29, 0.717) is 0 Å². The van der Waals surface area contributed by atoms with Gasteiger partial charge in [0, 0.05) is 5.56 Å². The van der Waals surface area contributed by atoms with Crippen LogP contribution in [0.3, 0.4) is 0 Å². The van der Waals surface area contributed by atoms with E-state index in [2.05, 4.69) is 97.0 Å². The van der Waals surface area contributed by atoms with Gasteiger partial charge in [-0.05, 0) is 70.7 Å². The first-order chi connectivity index (χ1) is 13.8. The van der Waals surface area contributed by atoms with E-state index < -0.39 is 0 Å². The molecule has 29 heavy (non-hydrogen) atoms. The zero-order valence-corrected chi connectivity index (χ0v) is 18.6. The molecule has 0 aliphatic rings. The van der Waals surface area contributed by atoms with E-state index in [-0.39, 0.29) is 0 Å². The Morgan fingerprint density at radius 2 is 1.00 bits per heavy atom. The summed E-state index contributed by atoms with van der Waals surface area (Å²) in [5.74, 6) is 0. The number of aryl methyl sites for hydroxylation is 6. The van der Waals surface area contributed by atoms with Gasteiger partial charge in [0.15, 0.2) is 0 Å². The van der Waals surface area contributed by atoms with Crippen molar-refractivity contribution < 1.29 is 0 Å². The molecule has 0 bridgehead atoms. The lowest BCUT2D eigenvalue weighted by molar-refractivity contribution is 1.28. The zero-order chi connectivity index (χ0) is 21.1. The van der Waals surface area contributed by atoms with Gasteiger partial charge in [-0.25, -0.2) is 4.99 Å². The average Bonchev–Trinajstić information content (AvgIpc) is 2.64. The van der Waals surface area contributed by atoms with Gasteiger partial charge in [-0.1, -0.05) is 65.7 Å². The molecule has 0 fully saturated rings. The Morgan fingerprint density at radius 1 is 0.586 bits per heavy atom. The Hall–Kier alpha value is -3.00. The van der Waals surface area contributed by atoms with Crippen LogP contribution >= 0.6 is 0 Å². The zero-order valence-electron chi connectivity index (χ0n) is 18.6. The van der Waals surface area contributed by atoms with E-state index in [4.69, 9.17) is 9.98 Å². The highest BCUT2D eigenvalue weighted by Gasteiger charge is 2.12. The van der Waals surface area contributed by atoms with E-state index in [0.717, 1.165) is 28.4 Å². The van der Waals surface area contributed by atoms with Crippen LogP contribution in [0.25, 0.3) is 0 Å². The van der Waals surface area contributed by atoms with E-state index in [9.17, 15) is 0 Å². The first-order valence-electron chi connectivity index (χ1n) is 10.1. The second kappa shape index (κ2) is 8.57. The summed E-state index contributed by atoms with van der Waals surface area (Å²) in [6.07, 6.45) is 0. The Balaban J connectivity index is 2.21. The highest BCUT2D eigenvalue weighted by Crippen LogP contribution is 2.28. The molecule has 3 aromatic rings. The molecule has 0 atom stereocenters. The van der Waals surface area contributed by atoms with Crippen molar-refractivity contribution in [2.24, 2.45) is 9.98 Å². The van der Waals surface area contributed by atoms with E-state index >= 15 is 0 Å². The van der Waals surface area contributed by atoms with Gasteiger partial charge in [0.25, 0.3) is 0 Å². The second-order valence-electron chi connectivity index (χ2n) is 8.02. The van der Waals surface area contributed by atoms with Crippen LogP contribution < -0.4 is 0 Å². The quantitative estimate of drug-likeness (QED) is 0.419. The van der Waals surface area contributed by atoms with Gasteiger partial charge in [0.1, 0.15) is 0 Å². The summed E-state index contributed by atoms with van der Waals surface area (Å²) in [6.45, 7) is 14.8. The van der Waals surface area contributed by atoms with Crippen LogP contribution in [0.1, 0.15) is 45.9 Å². The average molecular weight is 383 g/mol. The monoisotopic (exact) mass is 382 g/mol. The standard InChI is InChI=1S/C27H30N2/c1-17-13-19(3)25(20(4)14-17)28-23(7)27(24-11-9-8-10-12-24)29-26-21(5)15-18(2)16-22(26)6/h8-16H,1-7H3. The van der Waals surface area contributed by atoms with Crippen molar-refractivity contribution >= 4 is 22.8 Å².